The summed E-state index contributed by atoms with van der Waals surface area (Å²) >= 11 is 0. The van der Waals surface area contributed by atoms with Gasteiger partial charge in [-0.25, -0.2) is 19.9 Å². The van der Waals surface area contributed by atoms with E-state index >= 15 is 0 Å². The van der Waals surface area contributed by atoms with Gasteiger partial charge in [0.25, 0.3) is 0 Å². The number of hydrogen-bond acceptors (Lipinski definition) is 5. The fourth-order valence-electron chi connectivity index (χ4n) is 2.12. The summed E-state index contributed by atoms with van der Waals surface area (Å²) in [6.45, 7) is 0. The summed E-state index contributed by atoms with van der Waals surface area (Å²) in [7, 11) is 0. The van der Waals surface area contributed by atoms with E-state index in [1.165, 1.54) is 12.7 Å². The number of para-hydroxylation sites is 1. The van der Waals surface area contributed by atoms with Gasteiger partial charge in [0.2, 0.25) is 0 Å². The van der Waals surface area contributed by atoms with E-state index in [0.29, 0.717) is 5.65 Å². The van der Waals surface area contributed by atoms with Crippen molar-refractivity contribution in [1.82, 2.24) is 19.9 Å². The second-order valence-corrected chi connectivity index (χ2v) is 3.81. The maximum atomic E-state index is 4.35. The molecule has 0 radical (unpaired) electrons. The average Bonchev–Trinajstić information content (AvgIpc) is 2.39. The summed E-state index contributed by atoms with van der Waals surface area (Å²) in [6.07, 6.45) is 3.05. The van der Waals surface area contributed by atoms with Crippen molar-refractivity contribution in [3.8, 4) is 11.3 Å². The quantitative estimate of drug-likeness (QED) is 0.493. The van der Waals surface area contributed by atoms with Gasteiger partial charge in [-0.05, 0) is 6.07 Å². The summed E-state index contributed by atoms with van der Waals surface area (Å²) in [4.78, 5) is 16.9. The Morgan fingerprint density at radius 2 is 1.71 bits per heavy atom. The molecule has 3 heterocycles. The van der Waals surface area contributed by atoms with Gasteiger partial charge in [-0.2, -0.15) is 0 Å². The number of nitrogens with one attached hydrogen (secondary N) is 1. The highest BCUT2D eigenvalue weighted by molar-refractivity contribution is 6.05. The lowest BCUT2D eigenvalue weighted by Crippen LogP contribution is -2.05. The predicted molar refractivity (Wildman–Crippen MR) is 63.8 cm³/mol. The molecule has 0 atom stereocenters. The van der Waals surface area contributed by atoms with Gasteiger partial charge >= 0.3 is 0 Å². The second-order valence-electron chi connectivity index (χ2n) is 3.81. The van der Waals surface area contributed by atoms with Crippen molar-refractivity contribution in [2.24, 2.45) is 0 Å². The van der Waals surface area contributed by atoms with Crippen LogP contribution >= 0.6 is 0 Å². The zero-order chi connectivity index (χ0) is 11.2. The Kier molecular flexibility index (Phi) is 1.50. The molecule has 1 aliphatic rings. The minimum absolute atomic E-state index is 0.669. The van der Waals surface area contributed by atoms with E-state index in [2.05, 4.69) is 25.3 Å². The van der Waals surface area contributed by atoms with Crippen molar-refractivity contribution in [2.45, 2.75) is 0 Å². The minimum Gasteiger partial charge on any atom is -0.339 e. The summed E-state index contributed by atoms with van der Waals surface area (Å²) in [6, 6.07) is 8.01. The molecule has 0 bridgehead atoms. The molecule has 5 nitrogen and oxygen atoms in total. The summed E-state index contributed by atoms with van der Waals surface area (Å²) in [5, 5.41) is 4.16. The molecule has 0 amide bonds. The van der Waals surface area contributed by atoms with E-state index < -0.39 is 0 Å². The Labute approximate surface area is 96.6 Å². The van der Waals surface area contributed by atoms with Gasteiger partial charge in [-0.15, -0.1) is 0 Å². The van der Waals surface area contributed by atoms with Gasteiger partial charge in [0.1, 0.15) is 18.5 Å². The number of hydrogen-bond donors (Lipinski definition) is 1. The van der Waals surface area contributed by atoms with Crippen molar-refractivity contribution in [2.75, 3.05) is 5.32 Å². The molecule has 80 valence electrons. The van der Waals surface area contributed by atoms with Crippen LogP contribution in [0.15, 0.2) is 36.9 Å². The lowest BCUT2D eigenvalue weighted by atomic mass is 10.0. The van der Waals surface area contributed by atoms with Crippen molar-refractivity contribution in [1.29, 1.82) is 0 Å². The molecule has 0 fully saturated rings. The van der Waals surface area contributed by atoms with Crippen molar-refractivity contribution >= 4 is 22.5 Å². The smallest absolute Gasteiger partial charge is 0.168 e. The molecule has 1 aromatic carbocycles. The largest absolute Gasteiger partial charge is 0.339 e. The summed E-state index contributed by atoms with van der Waals surface area (Å²) in [5.74, 6) is 0.768. The second kappa shape index (κ2) is 2.98. The first-order chi connectivity index (χ1) is 8.43. The van der Waals surface area contributed by atoms with Gasteiger partial charge in [0.15, 0.2) is 5.65 Å². The van der Waals surface area contributed by atoms with E-state index in [-0.39, 0.29) is 0 Å². The first kappa shape index (κ1) is 8.58. The van der Waals surface area contributed by atoms with Crippen LogP contribution in [-0.4, -0.2) is 19.9 Å². The van der Waals surface area contributed by atoms with E-state index in [9.17, 15) is 0 Å². The average molecular weight is 221 g/mol. The molecule has 1 N–H and O–H groups in total. The standard InChI is InChI=1S/C12H7N5/c1-2-4-8-7(3-1)10-9-11(14-5-13-10)15-6-16-12(9)17-8/h1-6H,(H,13,14,15,16,17). The van der Waals surface area contributed by atoms with Gasteiger partial charge in [-0.1, -0.05) is 18.2 Å². The lowest BCUT2D eigenvalue weighted by molar-refractivity contribution is 1.13. The molecule has 3 aromatic rings. The molecule has 2 aromatic heterocycles. The van der Waals surface area contributed by atoms with E-state index in [1.54, 1.807) is 0 Å². The zero-order valence-corrected chi connectivity index (χ0v) is 8.75. The Morgan fingerprint density at radius 3 is 2.65 bits per heavy atom. The maximum Gasteiger partial charge on any atom is 0.168 e. The number of anilines is 2. The Hall–Kier alpha value is -2.56. The highest BCUT2D eigenvalue weighted by Crippen LogP contribution is 2.39. The topological polar surface area (TPSA) is 63.6 Å². The normalized spacial score (nSPS) is 12.0. The van der Waals surface area contributed by atoms with Crippen LogP contribution in [0.4, 0.5) is 11.5 Å². The Balaban J connectivity index is 2.22. The van der Waals surface area contributed by atoms with Crippen molar-refractivity contribution in [3.63, 3.8) is 0 Å². The van der Waals surface area contributed by atoms with Gasteiger partial charge in [-0.3, -0.25) is 0 Å². The Bertz CT molecular complexity index is 733. The maximum absolute atomic E-state index is 4.35. The van der Waals surface area contributed by atoms with Crippen molar-refractivity contribution in [3.05, 3.63) is 36.9 Å². The number of nitrogens with zero attached hydrogens (tertiary/aromatic N) is 4. The molecule has 1 aliphatic heterocycles. The van der Waals surface area contributed by atoms with Crippen LogP contribution in [0.5, 0.6) is 0 Å². The molecule has 4 rings (SSSR count). The van der Waals surface area contributed by atoms with Crippen molar-refractivity contribution < 1.29 is 0 Å². The van der Waals surface area contributed by atoms with Crippen LogP contribution in [0.3, 0.4) is 0 Å². The van der Waals surface area contributed by atoms with E-state index in [4.69, 9.17) is 0 Å². The monoisotopic (exact) mass is 221 g/mol. The summed E-state index contributed by atoms with van der Waals surface area (Å²) < 4.78 is 0. The number of fused-ring (bicyclic) bond motifs is 2. The van der Waals surface area contributed by atoms with Crippen LogP contribution in [0.25, 0.3) is 22.3 Å². The third-order valence-corrected chi connectivity index (χ3v) is 2.87. The molecule has 17 heavy (non-hydrogen) atoms. The molecular formula is C12H7N5. The van der Waals surface area contributed by atoms with Gasteiger partial charge in [0, 0.05) is 11.3 Å². The zero-order valence-electron chi connectivity index (χ0n) is 8.75. The summed E-state index contributed by atoms with van der Waals surface area (Å²) in [5.41, 5.74) is 3.63. The fraction of sp³-hybridized carbons (Fsp3) is 0. The first-order valence-electron chi connectivity index (χ1n) is 5.25. The van der Waals surface area contributed by atoms with Gasteiger partial charge in [0.05, 0.1) is 11.1 Å². The first-order valence-corrected chi connectivity index (χ1v) is 5.25. The lowest BCUT2D eigenvalue weighted by Gasteiger charge is -2.18. The molecule has 0 spiro atoms. The Morgan fingerprint density at radius 1 is 0.882 bits per heavy atom. The number of aromatic nitrogens is 4. The van der Waals surface area contributed by atoms with E-state index in [1.807, 2.05) is 24.3 Å². The molecular weight excluding hydrogens is 214 g/mol. The van der Waals surface area contributed by atoms with Crippen LogP contribution < -0.4 is 5.32 Å². The van der Waals surface area contributed by atoms with E-state index in [0.717, 1.165) is 28.1 Å². The van der Waals surface area contributed by atoms with Crippen LogP contribution in [0, 0.1) is 0 Å². The fourth-order valence-corrected chi connectivity index (χ4v) is 2.12. The SMILES string of the molecule is c1ccc2c(c1)Nc1ncnc3ncnc-2c13. The highest BCUT2D eigenvalue weighted by Gasteiger charge is 2.20. The van der Waals surface area contributed by atoms with Crippen LogP contribution in [0.2, 0.25) is 0 Å². The third kappa shape index (κ3) is 1.08. The predicted octanol–water partition coefficient (Wildman–Crippen LogP) is 2.14. The molecule has 0 unspecified atom stereocenters. The third-order valence-electron chi connectivity index (χ3n) is 2.87. The van der Waals surface area contributed by atoms with Crippen LogP contribution in [0.1, 0.15) is 0 Å². The van der Waals surface area contributed by atoms with Crippen LogP contribution in [-0.2, 0) is 0 Å². The molecule has 0 saturated carbocycles. The molecule has 0 saturated heterocycles. The van der Waals surface area contributed by atoms with Gasteiger partial charge < -0.3 is 5.32 Å². The number of benzene rings is 1. The highest BCUT2D eigenvalue weighted by atomic mass is 15.1. The number of rotatable bonds is 0. The minimum atomic E-state index is 0.669. The molecule has 5 heteroatoms. The molecule has 0 aliphatic carbocycles.